The summed E-state index contributed by atoms with van der Waals surface area (Å²) in [5.74, 6) is 0.579. The van der Waals surface area contributed by atoms with Crippen molar-refractivity contribution >= 4 is 11.6 Å². The average Bonchev–Trinajstić information content (AvgIpc) is 2.60. The van der Waals surface area contributed by atoms with E-state index in [0.717, 1.165) is 22.6 Å². The Morgan fingerprint density at radius 1 is 1.04 bits per heavy atom. The van der Waals surface area contributed by atoms with Crippen LogP contribution in [0, 0.1) is 0 Å². The number of hydrogen-bond acceptors (Lipinski definition) is 4. The molecule has 1 amide bonds. The Bertz CT molecular complexity index is 672. The fourth-order valence-corrected chi connectivity index (χ4v) is 2.21. The van der Waals surface area contributed by atoms with E-state index < -0.39 is 6.10 Å². The molecule has 5 heteroatoms. The van der Waals surface area contributed by atoms with Crippen LogP contribution in [0.1, 0.15) is 18.1 Å². The molecule has 2 aromatic carbocycles. The normalized spacial score (nSPS) is 11.8. The van der Waals surface area contributed by atoms with E-state index in [0.29, 0.717) is 13.2 Å². The van der Waals surface area contributed by atoms with Crippen molar-refractivity contribution in [3.63, 3.8) is 0 Å². The van der Waals surface area contributed by atoms with E-state index in [1.54, 1.807) is 21.1 Å². The Balaban J connectivity index is 1.88. The van der Waals surface area contributed by atoms with Crippen molar-refractivity contribution in [2.24, 2.45) is 0 Å². The molecule has 24 heavy (non-hydrogen) atoms. The minimum absolute atomic E-state index is 0.188. The Kier molecular flexibility index (Phi) is 6.78. The van der Waals surface area contributed by atoms with Crippen LogP contribution >= 0.6 is 0 Å². The van der Waals surface area contributed by atoms with Crippen molar-refractivity contribution in [3.8, 4) is 5.75 Å². The predicted octanol–water partition coefficient (Wildman–Crippen LogP) is 3.39. The van der Waals surface area contributed by atoms with Crippen molar-refractivity contribution in [1.29, 1.82) is 0 Å². The Labute approximate surface area is 142 Å². The van der Waals surface area contributed by atoms with Crippen LogP contribution in [0.3, 0.4) is 0 Å². The van der Waals surface area contributed by atoms with Gasteiger partial charge in [0.15, 0.2) is 0 Å². The summed E-state index contributed by atoms with van der Waals surface area (Å²) < 4.78 is 15.9. The molecule has 0 aliphatic heterocycles. The molecule has 0 aliphatic rings. The Hall–Kier alpha value is -2.37. The first kappa shape index (κ1) is 18.0. The molecule has 2 rings (SSSR count). The first-order valence-corrected chi connectivity index (χ1v) is 7.75. The third kappa shape index (κ3) is 5.37. The van der Waals surface area contributed by atoms with Crippen LogP contribution in [0.2, 0.25) is 0 Å². The summed E-state index contributed by atoms with van der Waals surface area (Å²) in [4.78, 5) is 12.2. The van der Waals surface area contributed by atoms with E-state index >= 15 is 0 Å². The first-order chi connectivity index (χ1) is 11.6. The molecule has 0 spiro atoms. The fraction of sp³-hybridized carbons (Fsp3) is 0.316. The van der Waals surface area contributed by atoms with Crippen molar-refractivity contribution in [2.75, 3.05) is 19.5 Å². The van der Waals surface area contributed by atoms with Crippen molar-refractivity contribution in [3.05, 3.63) is 59.7 Å². The smallest absolute Gasteiger partial charge is 0.253 e. The molecule has 2 aromatic rings. The summed E-state index contributed by atoms with van der Waals surface area (Å²) in [6.07, 6.45) is -0.567. The van der Waals surface area contributed by atoms with Gasteiger partial charge in [0.1, 0.15) is 11.9 Å². The van der Waals surface area contributed by atoms with Gasteiger partial charge in [-0.15, -0.1) is 0 Å². The van der Waals surface area contributed by atoms with Gasteiger partial charge < -0.3 is 19.5 Å². The maximum absolute atomic E-state index is 12.2. The molecule has 1 unspecified atom stereocenters. The lowest BCUT2D eigenvalue weighted by Crippen LogP contribution is -2.27. The first-order valence-electron chi connectivity index (χ1n) is 7.75. The van der Waals surface area contributed by atoms with Gasteiger partial charge in [-0.25, -0.2) is 0 Å². The molecule has 0 saturated carbocycles. The number of amides is 1. The third-order valence-electron chi connectivity index (χ3n) is 3.51. The highest BCUT2D eigenvalue weighted by Gasteiger charge is 2.14. The molecular weight excluding hydrogens is 306 g/mol. The molecule has 0 aromatic heterocycles. The second kappa shape index (κ2) is 9.05. The van der Waals surface area contributed by atoms with Crippen LogP contribution in [-0.2, 0) is 27.5 Å². The molecule has 0 fully saturated rings. The monoisotopic (exact) mass is 329 g/mol. The highest BCUT2D eigenvalue weighted by Crippen LogP contribution is 2.15. The standard InChI is InChI=1S/C19H23NO4/c1-14(24-13-16-7-5-9-18(11-16)23-3)19(21)20-17-8-4-6-15(10-17)12-22-2/h4-11,14H,12-13H2,1-3H3,(H,20,21). The summed E-state index contributed by atoms with van der Waals surface area (Å²) in [5, 5.41) is 2.86. The average molecular weight is 329 g/mol. The van der Waals surface area contributed by atoms with Gasteiger partial charge in [-0.2, -0.15) is 0 Å². The zero-order valence-electron chi connectivity index (χ0n) is 14.2. The quantitative estimate of drug-likeness (QED) is 0.806. The molecule has 128 valence electrons. The van der Waals surface area contributed by atoms with Gasteiger partial charge in [-0.3, -0.25) is 4.79 Å². The minimum atomic E-state index is -0.567. The Morgan fingerprint density at radius 2 is 1.75 bits per heavy atom. The topological polar surface area (TPSA) is 56.8 Å². The van der Waals surface area contributed by atoms with Gasteiger partial charge >= 0.3 is 0 Å². The van der Waals surface area contributed by atoms with Crippen molar-refractivity contribution in [2.45, 2.75) is 26.2 Å². The van der Waals surface area contributed by atoms with Crippen LogP contribution in [0.15, 0.2) is 48.5 Å². The second-order valence-electron chi connectivity index (χ2n) is 5.43. The van der Waals surface area contributed by atoms with Gasteiger partial charge in [-0.1, -0.05) is 24.3 Å². The van der Waals surface area contributed by atoms with E-state index in [1.165, 1.54) is 0 Å². The molecule has 0 aliphatic carbocycles. The molecule has 0 bridgehead atoms. The van der Waals surface area contributed by atoms with Gasteiger partial charge in [0.05, 0.1) is 20.3 Å². The second-order valence-corrected chi connectivity index (χ2v) is 5.43. The van der Waals surface area contributed by atoms with Gasteiger partial charge in [0.2, 0.25) is 0 Å². The maximum Gasteiger partial charge on any atom is 0.253 e. The molecule has 0 radical (unpaired) electrons. The third-order valence-corrected chi connectivity index (χ3v) is 3.51. The van der Waals surface area contributed by atoms with Crippen LogP contribution in [0.4, 0.5) is 5.69 Å². The number of hydrogen-bond donors (Lipinski definition) is 1. The summed E-state index contributed by atoms with van der Waals surface area (Å²) in [6.45, 7) is 2.58. The van der Waals surface area contributed by atoms with Gasteiger partial charge in [0, 0.05) is 12.8 Å². The van der Waals surface area contributed by atoms with Crippen LogP contribution < -0.4 is 10.1 Å². The highest BCUT2D eigenvalue weighted by atomic mass is 16.5. The summed E-state index contributed by atoms with van der Waals surface area (Å²) in [5.41, 5.74) is 2.68. The van der Waals surface area contributed by atoms with Crippen molar-refractivity contribution in [1.82, 2.24) is 0 Å². The van der Waals surface area contributed by atoms with E-state index in [2.05, 4.69) is 5.32 Å². The number of rotatable bonds is 8. The summed E-state index contributed by atoms with van der Waals surface area (Å²) in [7, 11) is 3.26. The van der Waals surface area contributed by atoms with E-state index in [-0.39, 0.29) is 5.91 Å². The van der Waals surface area contributed by atoms with Gasteiger partial charge in [-0.05, 0) is 42.3 Å². The van der Waals surface area contributed by atoms with Crippen LogP contribution in [0.5, 0.6) is 5.75 Å². The molecule has 5 nitrogen and oxygen atoms in total. The lowest BCUT2D eigenvalue weighted by Gasteiger charge is -2.14. The van der Waals surface area contributed by atoms with E-state index in [1.807, 2.05) is 48.5 Å². The number of carbonyl (C=O) groups excluding carboxylic acids is 1. The maximum atomic E-state index is 12.2. The van der Waals surface area contributed by atoms with Crippen LogP contribution in [0.25, 0.3) is 0 Å². The molecule has 0 heterocycles. The molecule has 1 atom stereocenters. The van der Waals surface area contributed by atoms with Gasteiger partial charge in [0.25, 0.3) is 5.91 Å². The molecular formula is C19H23NO4. The molecule has 1 N–H and O–H groups in total. The van der Waals surface area contributed by atoms with E-state index in [9.17, 15) is 4.79 Å². The predicted molar refractivity (Wildman–Crippen MR) is 93.0 cm³/mol. The zero-order valence-corrected chi connectivity index (χ0v) is 14.2. The zero-order chi connectivity index (χ0) is 17.4. The lowest BCUT2D eigenvalue weighted by atomic mass is 10.2. The number of ether oxygens (including phenoxy) is 3. The van der Waals surface area contributed by atoms with E-state index in [4.69, 9.17) is 14.2 Å². The number of methoxy groups -OCH3 is 2. The summed E-state index contributed by atoms with van der Waals surface area (Å²) in [6, 6.07) is 15.1. The fourth-order valence-electron chi connectivity index (χ4n) is 2.21. The largest absolute Gasteiger partial charge is 0.497 e. The minimum Gasteiger partial charge on any atom is -0.497 e. The Morgan fingerprint density at radius 3 is 2.46 bits per heavy atom. The van der Waals surface area contributed by atoms with Crippen LogP contribution in [-0.4, -0.2) is 26.2 Å². The van der Waals surface area contributed by atoms with Crippen molar-refractivity contribution < 1.29 is 19.0 Å². The SMILES string of the molecule is COCc1cccc(NC(=O)C(C)OCc2cccc(OC)c2)c1. The lowest BCUT2D eigenvalue weighted by molar-refractivity contribution is -0.127. The number of carbonyl (C=O) groups is 1. The highest BCUT2D eigenvalue weighted by molar-refractivity contribution is 5.93. The number of benzene rings is 2. The number of nitrogens with one attached hydrogen (secondary N) is 1. The number of anilines is 1. The molecule has 0 saturated heterocycles. The summed E-state index contributed by atoms with van der Waals surface area (Å²) >= 11 is 0.